The number of rotatable bonds is 2. The topological polar surface area (TPSA) is 18.1 Å². The van der Waals surface area contributed by atoms with Gasteiger partial charge in [-0.2, -0.15) is 0 Å². The van der Waals surface area contributed by atoms with Gasteiger partial charge in [0.15, 0.2) is 0 Å². The van der Waals surface area contributed by atoms with Crippen molar-refractivity contribution in [1.82, 2.24) is 4.57 Å². The predicted molar refractivity (Wildman–Crippen MR) is 133 cm³/mol. The average Bonchev–Trinajstić information content (AvgIpc) is 3.67. The monoisotopic (exact) mass is 428 g/mol. The van der Waals surface area contributed by atoms with E-state index in [1.807, 2.05) is 0 Å². The van der Waals surface area contributed by atoms with Crippen molar-refractivity contribution in [3.05, 3.63) is 115 Å². The lowest BCUT2D eigenvalue weighted by molar-refractivity contribution is 0.670. The molecule has 2 aromatic heterocycles. The van der Waals surface area contributed by atoms with Crippen LogP contribution >= 0.6 is 0 Å². The van der Waals surface area contributed by atoms with Gasteiger partial charge in [0.2, 0.25) is 0 Å². The fourth-order valence-electron chi connectivity index (χ4n) is 3.80. The highest BCUT2D eigenvalue weighted by Crippen LogP contribution is 2.40. The van der Waals surface area contributed by atoms with E-state index in [9.17, 15) is 0 Å². The number of hydrogen-bond donors (Lipinski definition) is 0. The first kappa shape index (κ1) is 7.11. The summed E-state index contributed by atoms with van der Waals surface area (Å²) in [4.78, 5) is 0. The Labute approximate surface area is 211 Å². The normalized spacial score (nSPS) is 20.1. The van der Waals surface area contributed by atoms with Crippen LogP contribution in [-0.4, -0.2) is 4.57 Å². The number of fused-ring (bicyclic) bond motifs is 6. The first-order valence-corrected chi connectivity index (χ1v) is 9.33. The Kier molecular flexibility index (Phi) is 1.47. The Morgan fingerprint density at radius 3 is 1.84 bits per heavy atom. The third-order valence-corrected chi connectivity index (χ3v) is 5.11. The molecule has 0 saturated carbocycles. The van der Waals surface area contributed by atoms with E-state index in [-0.39, 0.29) is 10.8 Å². The molecule has 2 nitrogen and oxygen atoms in total. The summed E-state index contributed by atoms with van der Waals surface area (Å²) in [5.41, 5.74) is -3.89. The molecule has 0 radical (unpaired) electrons. The molecule has 0 unspecified atom stereocenters. The van der Waals surface area contributed by atoms with Crippen LogP contribution in [0, 0.1) is 0 Å². The van der Waals surface area contributed by atoms with Gasteiger partial charge in [-0.3, -0.25) is 0 Å². The van der Waals surface area contributed by atoms with E-state index in [0.29, 0.717) is 0 Å². The molecule has 7 rings (SSSR count). The van der Waals surface area contributed by atoms with Gasteiger partial charge >= 0.3 is 0 Å². The zero-order valence-electron chi connectivity index (χ0n) is 34.9. The maximum absolute atomic E-state index is 9.12. The lowest BCUT2D eigenvalue weighted by Gasteiger charge is -2.14. The first-order chi connectivity index (χ1) is 23.8. The minimum atomic E-state index is -0.890. The molecule has 0 fully saturated rings. The van der Waals surface area contributed by atoms with E-state index in [4.69, 9.17) is 30.5 Å². The minimum Gasteiger partial charge on any atom is -0.455 e. The van der Waals surface area contributed by atoms with Gasteiger partial charge in [0.1, 0.15) is 11.2 Å². The summed E-state index contributed by atoms with van der Waals surface area (Å²) < 4.78 is 171. The molecule has 2 heteroatoms. The lowest BCUT2D eigenvalue weighted by Crippen LogP contribution is -1.97. The van der Waals surface area contributed by atoms with Crippen LogP contribution in [0.5, 0.6) is 0 Å². The van der Waals surface area contributed by atoms with Gasteiger partial charge in [-0.15, -0.1) is 0 Å². The molecule has 0 amide bonds. The molecule has 150 valence electrons. The van der Waals surface area contributed by atoms with Crippen molar-refractivity contribution < 1.29 is 30.5 Å². The number of para-hydroxylation sites is 5. The Morgan fingerprint density at radius 1 is 0.500 bits per heavy atom. The maximum Gasteiger partial charge on any atom is 0.143 e. The molecule has 0 spiro atoms. The molecule has 7 aromatic rings. The molecule has 5 aromatic carbocycles. The van der Waals surface area contributed by atoms with E-state index in [1.165, 1.54) is 0 Å². The number of aromatic nitrogens is 1. The fourth-order valence-corrected chi connectivity index (χ4v) is 3.80. The highest BCUT2D eigenvalue weighted by Gasteiger charge is 2.18. The Bertz CT molecular complexity index is 2720. The molecule has 0 N–H and O–H groups in total. The van der Waals surface area contributed by atoms with Crippen LogP contribution in [0.3, 0.4) is 0 Å². The molecule has 2 heterocycles. The van der Waals surface area contributed by atoms with Crippen LogP contribution in [-0.2, 0) is 0 Å². The lowest BCUT2D eigenvalue weighted by atomic mass is 10.0. The maximum atomic E-state index is 9.12. The van der Waals surface area contributed by atoms with Crippen molar-refractivity contribution in [2.24, 2.45) is 0 Å². The third-order valence-electron chi connectivity index (χ3n) is 5.11. The summed E-state index contributed by atoms with van der Waals surface area (Å²) in [5, 5.41) is -1.50. The van der Waals surface area contributed by atoms with Crippen molar-refractivity contribution in [3.63, 3.8) is 0 Å². The van der Waals surface area contributed by atoms with Crippen molar-refractivity contribution in [2.45, 2.75) is 0 Å². The molecule has 0 atom stereocenters. The Balaban J connectivity index is 1.85. The van der Waals surface area contributed by atoms with Crippen molar-refractivity contribution in [3.8, 4) is 16.8 Å². The second-order valence-electron chi connectivity index (χ2n) is 6.77. The van der Waals surface area contributed by atoms with Crippen LogP contribution in [0.15, 0.2) is 119 Å². The molecule has 32 heavy (non-hydrogen) atoms. The van der Waals surface area contributed by atoms with Crippen molar-refractivity contribution in [1.29, 1.82) is 0 Å². The Morgan fingerprint density at radius 2 is 1.06 bits per heavy atom. The largest absolute Gasteiger partial charge is 0.455 e. The highest BCUT2D eigenvalue weighted by atomic mass is 16.3. The van der Waals surface area contributed by atoms with Crippen molar-refractivity contribution in [2.75, 3.05) is 0 Å². The quantitative estimate of drug-likeness (QED) is 0.270. The summed E-state index contributed by atoms with van der Waals surface area (Å²) in [5.74, 6) is 0. The van der Waals surface area contributed by atoms with E-state index in [0.717, 1.165) is 4.57 Å². The smallest absolute Gasteiger partial charge is 0.143 e. The van der Waals surface area contributed by atoms with Gasteiger partial charge in [0.05, 0.1) is 42.8 Å². The third kappa shape index (κ3) is 2.35. The van der Waals surface area contributed by atoms with Crippen LogP contribution in [0.2, 0.25) is 0 Å². The first-order valence-electron chi connectivity index (χ1n) is 18.8. The molecule has 0 bridgehead atoms. The van der Waals surface area contributed by atoms with Crippen LogP contribution < -0.4 is 0 Å². The molecular formula is C30H19NO. The average molecular weight is 429 g/mol. The van der Waals surface area contributed by atoms with E-state index >= 15 is 0 Å². The number of hydrogen-bond acceptors (Lipinski definition) is 1. The second kappa shape index (κ2) is 6.60. The van der Waals surface area contributed by atoms with Gasteiger partial charge in [-0.1, -0.05) is 90.6 Å². The second-order valence-corrected chi connectivity index (χ2v) is 6.77. The summed E-state index contributed by atoms with van der Waals surface area (Å²) in [6.07, 6.45) is 0. The number of benzene rings is 5. The van der Waals surface area contributed by atoms with Gasteiger partial charge < -0.3 is 8.98 Å². The highest BCUT2D eigenvalue weighted by molar-refractivity contribution is 6.12. The molecule has 0 aliphatic heterocycles. The van der Waals surface area contributed by atoms with Gasteiger partial charge in [-0.25, -0.2) is 0 Å². The fraction of sp³-hybridized carbons (Fsp3) is 0. The number of nitrogens with zero attached hydrogens (tertiary/aromatic N) is 1. The van der Waals surface area contributed by atoms with Gasteiger partial charge in [-0.05, 0) is 24.2 Å². The molecule has 0 aliphatic rings. The van der Waals surface area contributed by atoms with Crippen molar-refractivity contribution >= 4 is 43.7 Å². The summed E-state index contributed by atoms with van der Waals surface area (Å²) in [6, 6.07) is -14.7. The number of furan rings is 1. The summed E-state index contributed by atoms with van der Waals surface area (Å²) in [6.45, 7) is 0. The standard InChI is InChI=1S/C30H19NO/c1-5-16-26-20(10-1)21-11-2-6-17-27(21)31(26)28-18-7-3-12-22(28)24-14-9-15-25-23-13-4-8-19-29(23)32-30(24)25/h1-19H/i1D,2D,3D,4D,5D,6D,7D,8D,9D,10D,11D,12D,13D,14D,15D,16D,17D,18D,19D. The molecule has 0 aliphatic carbocycles. The SMILES string of the molecule is [2H]c1c([2H])c([2H])c(-n2c3c([2H])c([2H])c([2H])c([2H])c3c3c([2H])c([2H])c([2H])c([2H])c32)c(-c2c([2H])c([2H])c([2H])c3c2oc2c([2H])c([2H])c([2H])c([2H])c23)c1[2H]. The van der Waals surface area contributed by atoms with Crippen LogP contribution in [0.1, 0.15) is 26.0 Å². The van der Waals surface area contributed by atoms with Gasteiger partial charge in [0, 0.05) is 32.7 Å². The predicted octanol–water partition coefficient (Wildman–Crippen LogP) is 8.35. The van der Waals surface area contributed by atoms with E-state index < -0.39 is 165 Å². The van der Waals surface area contributed by atoms with E-state index in [2.05, 4.69) is 0 Å². The van der Waals surface area contributed by atoms with Crippen LogP contribution in [0.25, 0.3) is 60.6 Å². The van der Waals surface area contributed by atoms with Crippen LogP contribution in [0.4, 0.5) is 0 Å². The zero-order valence-corrected chi connectivity index (χ0v) is 15.9. The molecular weight excluding hydrogens is 390 g/mol. The summed E-state index contributed by atoms with van der Waals surface area (Å²) >= 11 is 0. The minimum absolute atomic E-state index is 0.335. The Hall–Kier alpha value is -4.30. The zero-order chi connectivity index (χ0) is 37.6. The van der Waals surface area contributed by atoms with Gasteiger partial charge in [0.25, 0.3) is 0 Å². The molecule has 0 saturated heterocycles. The summed E-state index contributed by atoms with van der Waals surface area (Å²) in [7, 11) is 0. The van der Waals surface area contributed by atoms with E-state index in [1.54, 1.807) is 0 Å².